The Labute approximate surface area is 156 Å². The van der Waals surface area contributed by atoms with Crippen molar-refractivity contribution in [1.82, 2.24) is 10.3 Å². The summed E-state index contributed by atoms with van der Waals surface area (Å²) in [5, 5.41) is 2.95. The monoisotopic (exact) mass is 366 g/mol. The molecule has 0 aliphatic rings. The Morgan fingerprint density at radius 2 is 1.44 bits per heavy atom. The van der Waals surface area contributed by atoms with E-state index >= 15 is 0 Å². The molecule has 2 aromatic carbocycles. The maximum atomic E-state index is 13.4. The van der Waals surface area contributed by atoms with E-state index in [1.807, 2.05) is 48.5 Å². The molecule has 0 saturated carbocycles. The molecule has 1 amide bonds. The average molecular weight is 366 g/mol. The summed E-state index contributed by atoms with van der Waals surface area (Å²) >= 11 is 0. The number of hydrogen-bond acceptors (Lipinski definition) is 4. The summed E-state index contributed by atoms with van der Waals surface area (Å²) in [5.74, 6) is 0.338. The zero-order valence-corrected chi connectivity index (χ0v) is 15.0. The van der Waals surface area contributed by atoms with Crippen LogP contribution in [0.2, 0.25) is 0 Å². The molecular formula is C21H19FN2O3. The van der Waals surface area contributed by atoms with E-state index in [0.29, 0.717) is 0 Å². The van der Waals surface area contributed by atoms with Crippen LogP contribution in [0.5, 0.6) is 11.5 Å². The Morgan fingerprint density at radius 3 is 1.89 bits per heavy atom. The maximum Gasteiger partial charge on any atom is 0.252 e. The molecule has 1 heterocycles. The lowest BCUT2D eigenvalue weighted by atomic mass is 9.98. The van der Waals surface area contributed by atoms with Crippen LogP contribution in [0.4, 0.5) is 4.39 Å². The van der Waals surface area contributed by atoms with Crippen molar-refractivity contribution in [3.63, 3.8) is 0 Å². The van der Waals surface area contributed by atoms with E-state index in [9.17, 15) is 9.18 Å². The molecule has 0 atom stereocenters. The number of aromatic nitrogens is 1. The van der Waals surface area contributed by atoms with Crippen molar-refractivity contribution in [2.24, 2.45) is 0 Å². The van der Waals surface area contributed by atoms with Crippen molar-refractivity contribution in [2.75, 3.05) is 14.2 Å². The Hall–Kier alpha value is -3.41. The summed E-state index contributed by atoms with van der Waals surface area (Å²) in [6.45, 7) is 0. The molecule has 0 aliphatic carbocycles. The highest BCUT2D eigenvalue weighted by Gasteiger charge is 2.18. The first kappa shape index (κ1) is 18.4. The third-order valence-electron chi connectivity index (χ3n) is 4.16. The van der Waals surface area contributed by atoms with Gasteiger partial charge in [0.25, 0.3) is 5.91 Å². The quantitative estimate of drug-likeness (QED) is 0.675. The van der Waals surface area contributed by atoms with Crippen molar-refractivity contribution in [2.45, 2.75) is 6.04 Å². The van der Waals surface area contributed by atoms with Crippen LogP contribution < -0.4 is 14.8 Å². The minimum Gasteiger partial charge on any atom is -0.497 e. The fourth-order valence-corrected chi connectivity index (χ4v) is 2.71. The third kappa shape index (κ3) is 4.41. The van der Waals surface area contributed by atoms with Gasteiger partial charge in [0.2, 0.25) is 5.95 Å². The summed E-state index contributed by atoms with van der Waals surface area (Å²) in [6.07, 6.45) is 1.26. The predicted octanol–water partition coefficient (Wildman–Crippen LogP) is 3.76. The first-order valence-electron chi connectivity index (χ1n) is 8.31. The van der Waals surface area contributed by atoms with Gasteiger partial charge >= 0.3 is 0 Å². The standard InChI is InChI=1S/C21H19FN2O3/c1-26-17-7-3-14(4-8-17)20(15-5-9-18(27-2)10-6-15)24-21(25)16-11-12-23-19(22)13-16/h3-13,20H,1-2H3,(H,24,25). The Balaban J connectivity index is 1.94. The van der Waals surface area contributed by atoms with Gasteiger partial charge in [0, 0.05) is 17.8 Å². The van der Waals surface area contributed by atoms with Crippen molar-refractivity contribution >= 4 is 5.91 Å². The van der Waals surface area contributed by atoms with E-state index in [-0.39, 0.29) is 5.56 Å². The van der Waals surface area contributed by atoms with Gasteiger partial charge in [-0.05, 0) is 41.5 Å². The summed E-state index contributed by atoms with van der Waals surface area (Å²) in [6, 6.07) is 16.9. The predicted molar refractivity (Wildman–Crippen MR) is 99.5 cm³/mol. The Bertz CT molecular complexity index is 864. The molecule has 3 rings (SSSR count). The highest BCUT2D eigenvalue weighted by atomic mass is 19.1. The van der Waals surface area contributed by atoms with Gasteiger partial charge in [-0.1, -0.05) is 24.3 Å². The minimum absolute atomic E-state index is 0.203. The number of halogens is 1. The van der Waals surface area contributed by atoms with E-state index in [1.165, 1.54) is 12.3 Å². The second-order valence-electron chi connectivity index (χ2n) is 5.82. The first-order valence-corrected chi connectivity index (χ1v) is 8.31. The molecule has 5 nitrogen and oxygen atoms in total. The molecule has 0 aliphatic heterocycles. The second kappa shape index (κ2) is 8.31. The van der Waals surface area contributed by atoms with E-state index in [2.05, 4.69) is 10.3 Å². The fourth-order valence-electron chi connectivity index (χ4n) is 2.71. The number of hydrogen-bond donors (Lipinski definition) is 1. The third-order valence-corrected chi connectivity index (χ3v) is 4.16. The van der Waals surface area contributed by atoms with E-state index in [1.54, 1.807) is 14.2 Å². The molecule has 0 fully saturated rings. The molecule has 0 saturated heterocycles. The number of benzene rings is 2. The summed E-state index contributed by atoms with van der Waals surface area (Å²) in [7, 11) is 3.19. The number of carbonyl (C=O) groups excluding carboxylic acids is 1. The van der Waals surface area contributed by atoms with Crippen LogP contribution >= 0.6 is 0 Å². The van der Waals surface area contributed by atoms with Crippen LogP contribution in [0.25, 0.3) is 0 Å². The lowest BCUT2D eigenvalue weighted by Gasteiger charge is -2.20. The van der Waals surface area contributed by atoms with Crippen LogP contribution in [-0.2, 0) is 0 Å². The van der Waals surface area contributed by atoms with Crippen LogP contribution in [0, 0.1) is 5.95 Å². The van der Waals surface area contributed by atoms with Gasteiger partial charge in [0.05, 0.1) is 20.3 Å². The van der Waals surface area contributed by atoms with Gasteiger partial charge in [-0.25, -0.2) is 4.98 Å². The molecule has 6 heteroatoms. The Kier molecular flexibility index (Phi) is 5.66. The molecule has 0 spiro atoms. The zero-order chi connectivity index (χ0) is 19.2. The number of nitrogens with zero attached hydrogens (tertiary/aromatic N) is 1. The topological polar surface area (TPSA) is 60.5 Å². The van der Waals surface area contributed by atoms with Gasteiger partial charge in [-0.15, -0.1) is 0 Å². The SMILES string of the molecule is COc1ccc(C(NC(=O)c2ccnc(F)c2)c2ccc(OC)cc2)cc1. The lowest BCUT2D eigenvalue weighted by Crippen LogP contribution is -2.29. The van der Waals surface area contributed by atoms with E-state index in [0.717, 1.165) is 28.7 Å². The number of ether oxygens (including phenoxy) is 2. The smallest absolute Gasteiger partial charge is 0.252 e. The van der Waals surface area contributed by atoms with Gasteiger partial charge in [0.15, 0.2) is 0 Å². The van der Waals surface area contributed by atoms with Crippen LogP contribution in [0.1, 0.15) is 27.5 Å². The Morgan fingerprint density at radius 1 is 0.926 bits per heavy atom. The van der Waals surface area contributed by atoms with Crippen LogP contribution in [0.15, 0.2) is 66.9 Å². The number of carbonyl (C=O) groups is 1. The summed E-state index contributed by atoms with van der Waals surface area (Å²) < 4.78 is 23.8. The molecule has 1 N–H and O–H groups in total. The lowest BCUT2D eigenvalue weighted by molar-refractivity contribution is 0.0942. The van der Waals surface area contributed by atoms with E-state index in [4.69, 9.17) is 9.47 Å². The zero-order valence-electron chi connectivity index (χ0n) is 15.0. The second-order valence-corrected chi connectivity index (χ2v) is 5.82. The number of methoxy groups -OCH3 is 2. The molecule has 0 bridgehead atoms. The van der Waals surface area contributed by atoms with Crippen molar-refractivity contribution in [3.8, 4) is 11.5 Å². The number of amides is 1. The van der Waals surface area contributed by atoms with Crippen LogP contribution in [-0.4, -0.2) is 25.1 Å². The highest BCUT2D eigenvalue weighted by molar-refractivity contribution is 5.94. The summed E-state index contributed by atoms with van der Waals surface area (Å²) in [4.78, 5) is 16.1. The average Bonchev–Trinajstić information content (AvgIpc) is 2.72. The van der Waals surface area contributed by atoms with Crippen molar-refractivity contribution in [3.05, 3.63) is 89.5 Å². The molecule has 3 aromatic rings. The van der Waals surface area contributed by atoms with Gasteiger partial charge in [-0.2, -0.15) is 4.39 Å². The van der Waals surface area contributed by atoms with Gasteiger partial charge < -0.3 is 14.8 Å². The number of rotatable bonds is 6. The maximum absolute atomic E-state index is 13.4. The fraction of sp³-hybridized carbons (Fsp3) is 0.143. The molecule has 0 unspecified atom stereocenters. The normalized spacial score (nSPS) is 10.5. The van der Waals surface area contributed by atoms with Crippen molar-refractivity contribution < 1.29 is 18.7 Å². The highest BCUT2D eigenvalue weighted by Crippen LogP contribution is 2.26. The minimum atomic E-state index is -0.701. The summed E-state index contributed by atoms with van der Waals surface area (Å²) in [5.41, 5.74) is 1.93. The number of nitrogens with one attached hydrogen (secondary N) is 1. The van der Waals surface area contributed by atoms with E-state index < -0.39 is 17.9 Å². The molecular weight excluding hydrogens is 347 g/mol. The molecule has 1 aromatic heterocycles. The van der Waals surface area contributed by atoms with Gasteiger partial charge in [0.1, 0.15) is 11.5 Å². The molecule has 0 radical (unpaired) electrons. The largest absolute Gasteiger partial charge is 0.497 e. The first-order chi connectivity index (χ1) is 13.1. The molecule has 138 valence electrons. The molecule has 27 heavy (non-hydrogen) atoms. The number of pyridine rings is 1. The van der Waals surface area contributed by atoms with Crippen LogP contribution in [0.3, 0.4) is 0 Å². The van der Waals surface area contributed by atoms with Gasteiger partial charge in [-0.3, -0.25) is 4.79 Å². The van der Waals surface area contributed by atoms with Crippen molar-refractivity contribution in [1.29, 1.82) is 0 Å².